The Morgan fingerprint density at radius 2 is 1.63 bits per heavy atom. The van der Waals surface area contributed by atoms with Gasteiger partial charge in [-0.25, -0.2) is 9.79 Å². The zero-order chi connectivity index (χ0) is 30.2. The van der Waals surface area contributed by atoms with E-state index in [1.165, 1.54) is 22.5 Å². The molecule has 0 spiro atoms. The number of hydrogen-bond donors (Lipinski definition) is 0. The molecule has 6 nitrogen and oxygen atoms in total. The molecule has 0 amide bonds. The first-order valence-corrected chi connectivity index (χ1v) is 15.2. The third-order valence-corrected chi connectivity index (χ3v) is 8.98. The van der Waals surface area contributed by atoms with Crippen molar-refractivity contribution < 1.29 is 9.53 Å². The van der Waals surface area contributed by atoms with Crippen molar-refractivity contribution in [2.45, 2.75) is 40.7 Å². The van der Waals surface area contributed by atoms with Gasteiger partial charge in [-0.15, -0.1) is 0 Å². The number of carbonyl (C=O) groups excluding carboxylic acids is 1. The summed E-state index contributed by atoms with van der Waals surface area (Å²) in [6.07, 6.45) is 1.95. The molecule has 43 heavy (non-hydrogen) atoms. The zero-order valence-electron chi connectivity index (χ0n) is 24.9. The number of hydrogen-bond acceptors (Lipinski definition) is 5. The fourth-order valence-corrected chi connectivity index (χ4v) is 6.72. The van der Waals surface area contributed by atoms with Gasteiger partial charge < -0.3 is 9.30 Å². The molecule has 0 unspecified atom stereocenters. The van der Waals surface area contributed by atoms with Crippen molar-refractivity contribution in [3.63, 3.8) is 0 Å². The Kier molecular flexibility index (Phi) is 7.59. The van der Waals surface area contributed by atoms with E-state index in [1.54, 1.807) is 11.5 Å². The quantitative estimate of drug-likeness (QED) is 0.230. The van der Waals surface area contributed by atoms with Crippen LogP contribution in [0.3, 0.4) is 0 Å². The number of carbonyl (C=O) groups is 1. The lowest BCUT2D eigenvalue weighted by molar-refractivity contribution is -0.138. The maximum Gasteiger partial charge on any atom is 0.338 e. The van der Waals surface area contributed by atoms with Crippen molar-refractivity contribution >= 4 is 29.1 Å². The Bertz CT molecular complexity index is 2070. The summed E-state index contributed by atoms with van der Waals surface area (Å²) in [5, 5.41) is 0. The molecule has 0 saturated heterocycles. The third-order valence-electron chi connectivity index (χ3n) is 7.99. The average molecular weight is 588 g/mol. The molecular weight excluding hydrogens is 554 g/mol. The molecule has 0 fully saturated rings. The lowest BCUT2D eigenvalue weighted by Gasteiger charge is -2.25. The van der Waals surface area contributed by atoms with Crippen LogP contribution in [-0.2, 0) is 9.53 Å². The lowest BCUT2D eigenvalue weighted by Crippen LogP contribution is -2.40. The highest BCUT2D eigenvalue weighted by atomic mass is 32.1. The number of nitrogens with zero attached hydrogens (tertiary/aromatic N) is 3. The Morgan fingerprint density at radius 3 is 2.30 bits per heavy atom. The number of fused-ring (bicyclic) bond motifs is 1. The highest BCUT2D eigenvalue weighted by Gasteiger charge is 2.35. The molecule has 0 saturated carbocycles. The summed E-state index contributed by atoms with van der Waals surface area (Å²) in [6.45, 7) is 10.4. The summed E-state index contributed by atoms with van der Waals surface area (Å²) >= 11 is 1.34. The summed E-state index contributed by atoms with van der Waals surface area (Å²) in [6, 6.07) is 27.1. The fraction of sp³-hybridized carbons (Fsp3) is 0.194. The van der Waals surface area contributed by atoms with Crippen molar-refractivity contribution in [1.29, 1.82) is 0 Å². The van der Waals surface area contributed by atoms with Gasteiger partial charge >= 0.3 is 5.97 Å². The molecule has 5 aromatic rings. The molecule has 216 valence electrons. The van der Waals surface area contributed by atoms with Crippen molar-refractivity contribution in [2.24, 2.45) is 4.99 Å². The smallest absolute Gasteiger partial charge is 0.338 e. The number of aromatic nitrogens is 2. The molecule has 1 atom stereocenters. The second-order valence-electron chi connectivity index (χ2n) is 10.8. The van der Waals surface area contributed by atoms with Crippen molar-refractivity contribution in [2.75, 3.05) is 6.61 Å². The van der Waals surface area contributed by atoms with Gasteiger partial charge in [0.1, 0.15) is 0 Å². The van der Waals surface area contributed by atoms with Crippen LogP contribution in [0.15, 0.2) is 100 Å². The molecule has 2 aromatic heterocycles. The number of esters is 1. The maximum absolute atomic E-state index is 14.2. The van der Waals surface area contributed by atoms with E-state index in [2.05, 4.69) is 56.5 Å². The van der Waals surface area contributed by atoms with Gasteiger partial charge in [-0.05, 0) is 81.1 Å². The Morgan fingerprint density at radius 1 is 0.930 bits per heavy atom. The fourth-order valence-electron chi connectivity index (χ4n) is 5.73. The van der Waals surface area contributed by atoms with Crippen LogP contribution >= 0.6 is 11.3 Å². The van der Waals surface area contributed by atoms with Crippen LogP contribution < -0.4 is 14.9 Å². The predicted octanol–water partition coefficient (Wildman–Crippen LogP) is 5.96. The number of benzene rings is 3. The van der Waals surface area contributed by atoms with E-state index in [-0.39, 0.29) is 12.2 Å². The standard InChI is InChI=1S/C36H33N3O3S/c1-6-42-35(41)31-32(26-13-9-7-10-14-26)37-36-39(33(31)27-15-11-8-12-16-27)34(40)30(43-36)21-28-20-24(4)38(25(28)5)29-18-17-22(2)23(3)19-29/h7-21,33H,6H2,1-5H3/b30-21+/t33-/m0/s1. The van der Waals surface area contributed by atoms with Gasteiger partial charge in [0.05, 0.1) is 28.5 Å². The number of aryl methyl sites for hydroxylation is 3. The summed E-state index contributed by atoms with van der Waals surface area (Å²) in [5.74, 6) is -0.481. The number of rotatable bonds is 6. The second-order valence-corrected chi connectivity index (χ2v) is 11.8. The van der Waals surface area contributed by atoms with Gasteiger partial charge in [-0.2, -0.15) is 0 Å². The van der Waals surface area contributed by atoms with Crippen LogP contribution in [0.5, 0.6) is 0 Å². The summed E-state index contributed by atoms with van der Waals surface area (Å²) in [4.78, 5) is 33.3. The summed E-state index contributed by atoms with van der Waals surface area (Å²) < 4.78 is 9.97. The van der Waals surface area contributed by atoms with Crippen molar-refractivity contribution in [3.05, 3.63) is 149 Å². The van der Waals surface area contributed by atoms with Crippen molar-refractivity contribution in [3.8, 4) is 5.69 Å². The van der Waals surface area contributed by atoms with Gasteiger partial charge in [0.15, 0.2) is 4.80 Å². The predicted molar refractivity (Wildman–Crippen MR) is 172 cm³/mol. The Balaban J connectivity index is 1.59. The van der Waals surface area contributed by atoms with Crippen LogP contribution in [0.25, 0.3) is 17.5 Å². The molecule has 0 radical (unpaired) electrons. The first-order chi connectivity index (χ1) is 20.8. The molecule has 1 aliphatic heterocycles. The SMILES string of the molecule is CCOC(=O)C1=C(c2ccccc2)N=c2s/c(=C/c3cc(C)n(-c4ccc(C)c(C)c4)c3C)c(=O)n2[C@H]1c1ccccc1. The molecule has 0 bridgehead atoms. The van der Waals surface area contributed by atoms with E-state index < -0.39 is 12.0 Å². The van der Waals surface area contributed by atoms with Gasteiger partial charge in [0, 0.05) is 22.6 Å². The molecule has 3 heterocycles. The lowest BCUT2D eigenvalue weighted by atomic mass is 9.93. The van der Waals surface area contributed by atoms with Crippen LogP contribution in [0.4, 0.5) is 0 Å². The van der Waals surface area contributed by atoms with E-state index in [9.17, 15) is 9.59 Å². The van der Waals surface area contributed by atoms with Gasteiger partial charge in [-0.1, -0.05) is 78.1 Å². The topological polar surface area (TPSA) is 65.6 Å². The van der Waals surface area contributed by atoms with Crippen LogP contribution in [0.1, 0.15) is 52.2 Å². The summed E-state index contributed by atoms with van der Waals surface area (Å²) in [5.41, 5.74) is 8.95. The molecule has 3 aromatic carbocycles. The minimum absolute atomic E-state index is 0.192. The van der Waals surface area contributed by atoms with E-state index in [4.69, 9.17) is 9.73 Å². The molecule has 7 heteroatoms. The molecule has 1 aliphatic rings. The largest absolute Gasteiger partial charge is 0.463 e. The van der Waals surface area contributed by atoms with Gasteiger partial charge in [0.25, 0.3) is 5.56 Å². The highest BCUT2D eigenvalue weighted by Crippen LogP contribution is 2.35. The first kappa shape index (κ1) is 28.4. The molecular formula is C36H33N3O3S. The normalized spacial score (nSPS) is 14.9. The van der Waals surface area contributed by atoms with E-state index in [1.807, 2.05) is 66.7 Å². The summed E-state index contributed by atoms with van der Waals surface area (Å²) in [7, 11) is 0. The van der Waals surface area contributed by atoms with Crippen LogP contribution in [0.2, 0.25) is 0 Å². The number of thiazole rings is 1. The maximum atomic E-state index is 14.2. The van der Waals surface area contributed by atoms with Crippen LogP contribution in [-0.4, -0.2) is 21.7 Å². The Labute approximate surface area is 254 Å². The van der Waals surface area contributed by atoms with E-state index in [0.717, 1.165) is 33.8 Å². The van der Waals surface area contributed by atoms with Gasteiger partial charge in [-0.3, -0.25) is 9.36 Å². The zero-order valence-corrected chi connectivity index (χ0v) is 25.7. The number of ether oxygens (including phenoxy) is 1. The van der Waals surface area contributed by atoms with Gasteiger partial charge in [0.2, 0.25) is 0 Å². The monoisotopic (exact) mass is 587 g/mol. The molecule has 0 N–H and O–H groups in total. The molecule has 6 rings (SSSR count). The minimum Gasteiger partial charge on any atom is -0.463 e. The Hall–Kier alpha value is -4.75. The second kappa shape index (κ2) is 11.5. The van der Waals surface area contributed by atoms with Crippen molar-refractivity contribution in [1.82, 2.24) is 9.13 Å². The average Bonchev–Trinajstić information content (AvgIpc) is 3.48. The first-order valence-electron chi connectivity index (χ1n) is 14.4. The van der Waals surface area contributed by atoms with Crippen LogP contribution in [0, 0.1) is 27.7 Å². The van der Waals surface area contributed by atoms with E-state index >= 15 is 0 Å². The van der Waals surface area contributed by atoms with E-state index in [0.29, 0.717) is 20.6 Å². The highest BCUT2D eigenvalue weighted by molar-refractivity contribution is 7.07. The molecule has 0 aliphatic carbocycles. The third kappa shape index (κ3) is 5.10. The minimum atomic E-state index is -0.683.